The van der Waals surface area contributed by atoms with Crippen molar-refractivity contribution in [2.45, 2.75) is 52.2 Å². The molecule has 6 heteroatoms. The van der Waals surface area contributed by atoms with Crippen LogP contribution < -0.4 is 5.32 Å². The number of hydrogen-bond donors (Lipinski definition) is 1. The minimum absolute atomic E-state index is 0.180. The number of benzene rings is 1. The molecule has 1 fully saturated rings. The van der Waals surface area contributed by atoms with Gasteiger partial charge in [0, 0.05) is 30.3 Å². The lowest BCUT2D eigenvalue weighted by Crippen LogP contribution is -2.50. The minimum Gasteiger partial charge on any atom is -0.444 e. The first-order valence-corrected chi connectivity index (χ1v) is 8.82. The number of rotatable bonds is 3. The third kappa shape index (κ3) is 5.07. The lowest BCUT2D eigenvalue weighted by atomic mass is 10.0. The van der Waals surface area contributed by atoms with Gasteiger partial charge in [-0.25, -0.2) is 9.18 Å². The van der Waals surface area contributed by atoms with Crippen LogP contribution >= 0.6 is 0 Å². The fraction of sp³-hybridized carbons (Fsp3) is 0.500. The molecular weight excluding hydrogens is 335 g/mol. The van der Waals surface area contributed by atoms with Crippen molar-refractivity contribution in [2.75, 3.05) is 13.1 Å². The molecule has 1 aromatic carbocycles. The predicted octanol–water partition coefficient (Wildman–Crippen LogP) is 3.91. The molecule has 1 N–H and O–H groups in total. The highest BCUT2D eigenvalue weighted by Gasteiger charge is 2.28. The molecular formula is C20H27FN2O3. The molecule has 142 valence electrons. The largest absolute Gasteiger partial charge is 0.444 e. The van der Waals surface area contributed by atoms with Crippen molar-refractivity contribution in [2.24, 2.45) is 0 Å². The maximum Gasteiger partial charge on any atom is 0.407 e. The Bertz CT molecular complexity index is 710. The predicted molar refractivity (Wildman–Crippen MR) is 99.5 cm³/mol. The summed E-state index contributed by atoms with van der Waals surface area (Å²) in [5, 5.41) is 2.81. The lowest BCUT2D eigenvalue weighted by Gasteiger charge is -2.34. The van der Waals surface area contributed by atoms with Gasteiger partial charge in [0.25, 0.3) is 5.91 Å². The van der Waals surface area contributed by atoms with Crippen molar-refractivity contribution >= 4 is 18.1 Å². The summed E-state index contributed by atoms with van der Waals surface area (Å²) in [6, 6.07) is 2.70. The highest BCUT2D eigenvalue weighted by atomic mass is 19.1. The van der Waals surface area contributed by atoms with Gasteiger partial charge in [-0.2, -0.15) is 0 Å². The van der Waals surface area contributed by atoms with E-state index in [1.807, 2.05) is 0 Å². The maximum absolute atomic E-state index is 14.0. The van der Waals surface area contributed by atoms with E-state index in [-0.39, 0.29) is 11.9 Å². The molecule has 1 atom stereocenters. The zero-order chi connectivity index (χ0) is 19.5. The van der Waals surface area contributed by atoms with E-state index in [1.165, 1.54) is 12.1 Å². The number of carbonyl (C=O) groups excluding carboxylic acids is 2. The number of amides is 2. The SMILES string of the molecule is C=Cc1cc(C)c(C(=O)N2CCC[C@H](NC(=O)OC(C)(C)C)C2)cc1F. The van der Waals surface area contributed by atoms with Gasteiger partial charge in [-0.1, -0.05) is 12.7 Å². The molecule has 0 aliphatic carbocycles. The van der Waals surface area contributed by atoms with Gasteiger partial charge in [-0.3, -0.25) is 4.79 Å². The standard InChI is InChI=1S/C20H27FN2O3/c1-6-14-10-13(2)16(11-17(14)21)18(24)23-9-7-8-15(12-23)22-19(25)26-20(3,4)5/h6,10-11,15H,1,7-9,12H2,2-5H3,(H,22,25)/t15-/m0/s1. The fourth-order valence-corrected chi connectivity index (χ4v) is 3.01. The monoisotopic (exact) mass is 362 g/mol. The molecule has 1 aliphatic rings. The van der Waals surface area contributed by atoms with Gasteiger partial charge in [-0.15, -0.1) is 0 Å². The van der Waals surface area contributed by atoms with Gasteiger partial charge < -0.3 is 15.0 Å². The summed E-state index contributed by atoms with van der Waals surface area (Å²) < 4.78 is 19.3. The summed E-state index contributed by atoms with van der Waals surface area (Å²) in [6.45, 7) is 11.7. The Morgan fingerprint density at radius 1 is 1.38 bits per heavy atom. The van der Waals surface area contributed by atoms with Crippen molar-refractivity contribution in [3.63, 3.8) is 0 Å². The summed E-state index contributed by atoms with van der Waals surface area (Å²) >= 11 is 0. The van der Waals surface area contributed by atoms with Gasteiger partial charge in [0.1, 0.15) is 11.4 Å². The van der Waals surface area contributed by atoms with E-state index < -0.39 is 17.5 Å². The second kappa shape index (κ2) is 7.89. The van der Waals surface area contributed by atoms with E-state index in [1.54, 1.807) is 38.7 Å². The normalized spacial score (nSPS) is 17.6. The van der Waals surface area contributed by atoms with Gasteiger partial charge in [0.15, 0.2) is 0 Å². The number of hydrogen-bond acceptors (Lipinski definition) is 3. The first-order valence-electron chi connectivity index (χ1n) is 8.82. The number of likely N-dealkylation sites (tertiary alicyclic amines) is 1. The molecule has 26 heavy (non-hydrogen) atoms. The average molecular weight is 362 g/mol. The Labute approximate surface area is 154 Å². The quantitative estimate of drug-likeness (QED) is 0.887. The minimum atomic E-state index is -0.574. The Balaban J connectivity index is 2.07. The number of nitrogens with one attached hydrogen (secondary N) is 1. The van der Waals surface area contributed by atoms with Gasteiger partial charge in [0.2, 0.25) is 0 Å². The number of aryl methyl sites for hydroxylation is 1. The van der Waals surface area contributed by atoms with Crippen molar-refractivity contribution in [1.82, 2.24) is 10.2 Å². The lowest BCUT2D eigenvalue weighted by molar-refractivity contribution is 0.0452. The number of alkyl carbamates (subject to hydrolysis) is 1. The fourth-order valence-electron chi connectivity index (χ4n) is 3.01. The third-order valence-electron chi connectivity index (χ3n) is 4.22. The third-order valence-corrected chi connectivity index (χ3v) is 4.22. The Morgan fingerprint density at radius 3 is 2.69 bits per heavy atom. The molecule has 2 rings (SSSR count). The number of nitrogens with zero attached hydrogens (tertiary/aromatic N) is 1. The highest BCUT2D eigenvalue weighted by molar-refractivity contribution is 5.96. The second-order valence-electron chi connectivity index (χ2n) is 7.63. The maximum atomic E-state index is 14.0. The van der Waals surface area contributed by atoms with Gasteiger partial charge in [0.05, 0.1) is 0 Å². The molecule has 0 radical (unpaired) electrons. The van der Waals surface area contributed by atoms with Crippen LogP contribution in [-0.2, 0) is 4.74 Å². The first kappa shape index (κ1) is 19.9. The van der Waals surface area contributed by atoms with Crippen molar-refractivity contribution in [3.8, 4) is 0 Å². The summed E-state index contributed by atoms with van der Waals surface area (Å²) in [7, 11) is 0. The molecule has 1 saturated heterocycles. The molecule has 5 nitrogen and oxygen atoms in total. The number of halogens is 1. The molecule has 0 bridgehead atoms. The number of piperidine rings is 1. The van der Waals surface area contributed by atoms with Crippen LogP contribution in [0.25, 0.3) is 6.08 Å². The Morgan fingerprint density at radius 2 is 2.08 bits per heavy atom. The number of carbonyl (C=O) groups is 2. The summed E-state index contributed by atoms with van der Waals surface area (Å²) in [5.41, 5.74) is 0.845. The van der Waals surface area contributed by atoms with E-state index in [9.17, 15) is 14.0 Å². The van der Waals surface area contributed by atoms with E-state index in [4.69, 9.17) is 4.74 Å². The van der Waals surface area contributed by atoms with E-state index in [2.05, 4.69) is 11.9 Å². The Kier molecular flexibility index (Phi) is 6.05. The van der Waals surface area contributed by atoms with Crippen LogP contribution in [0, 0.1) is 12.7 Å². The molecule has 0 aromatic heterocycles. The summed E-state index contributed by atoms with van der Waals surface area (Å²) in [4.78, 5) is 26.4. The summed E-state index contributed by atoms with van der Waals surface area (Å²) in [6.07, 6.45) is 2.47. The molecule has 1 aliphatic heterocycles. The van der Waals surface area contributed by atoms with Crippen LogP contribution in [0.2, 0.25) is 0 Å². The smallest absolute Gasteiger partial charge is 0.407 e. The van der Waals surface area contributed by atoms with E-state index >= 15 is 0 Å². The molecule has 0 saturated carbocycles. The van der Waals surface area contributed by atoms with Crippen molar-refractivity contribution in [1.29, 1.82) is 0 Å². The summed E-state index contributed by atoms with van der Waals surface area (Å²) in [5.74, 6) is -0.693. The molecule has 1 heterocycles. The van der Waals surface area contributed by atoms with Crippen molar-refractivity contribution in [3.05, 3.63) is 41.2 Å². The van der Waals surface area contributed by atoms with Crippen LogP contribution in [0.4, 0.5) is 9.18 Å². The van der Waals surface area contributed by atoms with Crippen LogP contribution in [0.15, 0.2) is 18.7 Å². The van der Waals surface area contributed by atoms with Crippen LogP contribution in [-0.4, -0.2) is 41.6 Å². The highest BCUT2D eigenvalue weighted by Crippen LogP contribution is 2.20. The zero-order valence-corrected chi connectivity index (χ0v) is 15.9. The molecule has 0 spiro atoms. The molecule has 1 aromatic rings. The van der Waals surface area contributed by atoms with Crippen LogP contribution in [0.3, 0.4) is 0 Å². The molecule has 2 amide bonds. The van der Waals surface area contributed by atoms with E-state index in [0.29, 0.717) is 29.8 Å². The van der Waals surface area contributed by atoms with Crippen LogP contribution in [0.5, 0.6) is 0 Å². The average Bonchev–Trinajstić information content (AvgIpc) is 2.54. The van der Waals surface area contributed by atoms with Gasteiger partial charge in [-0.05, 0) is 58.2 Å². The second-order valence-corrected chi connectivity index (χ2v) is 7.63. The van der Waals surface area contributed by atoms with Crippen LogP contribution in [0.1, 0.15) is 55.1 Å². The van der Waals surface area contributed by atoms with E-state index in [0.717, 1.165) is 12.8 Å². The topological polar surface area (TPSA) is 58.6 Å². The Hall–Kier alpha value is -2.37. The molecule has 0 unspecified atom stereocenters. The van der Waals surface area contributed by atoms with Crippen molar-refractivity contribution < 1.29 is 18.7 Å². The first-order chi connectivity index (χ1) is 12.1. The van der Waals surface area contributed by atoms with Gasteiger partial charge >= 0.3 is 6.09 Å². The number of ether oxygens (including phenoxy) is 1. The zero-order valence-electron chi connectivity index (χ0n) is 15.9.